The summed E-state index contributed by atoms with van der Waals surface area (Å²) in [6.07, 6.45) is 2.46. The summed E-state index contributed by atoms with van der Waals surface area (Å²) in [6.45, 7) is 0.607. The fourth-order valence-electron chi connectivity index (χ4n) is 4.14. The number of hydrogen-bond donors (Lipinski definition) is 2. The summed E-state index contributed by atoms with van der Waals surface area (Å²) < 4.78 is 11.9. The predicted octanol–water partition coefficient (Wildman–Crippen LogP) is 6.53. The number of aromatic nitrogens is 1. The Morgan fingerprint density at radius 3 is 2.23 bits per heavy atom. The van der Waals surface area contributed by atoms with Crippen LogP contribution in [0.4, 0.5) is 5.69 Å². The Bertz CT molecular complexity index is 1600. The first kappa shape index (κ1) is 25.5. The lowest BCUT2D eigenvalue weighted by Gasteiger charge is -2.10. The van der Waals surface area contributed by atoms with E-state index in [2.05, 4.69) is 22.4 Å². The van der Waals surface area contributed by atoms with Gasteiger partial charge < -0.3 is 19.9 Å². The van der Waals surface area contributed by atoms with Crippen LogP contribution in [0.15, 0.2) is 109 Å². The average molecular weight is 519 g/mol. The van der Waals surface area contributed by atoms with Gasteiger partial charge in [0.2, 0.25) is 11.8 Å². The second kappa shape index (κ2) is 11.9. The minimum Gasteiger partial charge on any atom is -0.493 e. The number of pyridine rings is 1. The van der Waals surface area contributed by atoms with Crippen molar-refractivity contribution in [1.29, 1.82) is 0 Å². The number of carboxylic acid groups (broad SMARTS) is 1. The van der Waals surface area contributed by atoms with Gasteiger partial charge in [0.05, 0.1) is 24.3 Å². The van der Waals surface area contributed by atoms with Crippen molar-refractivity contribution in [3.63, 3.8) is 0 Å². The smallest absolute Gasteiger partial charge is 0.337 e. The Labute approximate surface area is 225 Å². The topological polar surface area (TPSA) is 97.8 Å². The first-order valence-corrected chi connectivity index (χ1v) is 12.5. The lowest BCUT2D eigenvalue weighted by Crippen LogP contribution is -2.16. The van der Waals surface area contributed by atoms with E-state index >= 15 is 0 Å². The molecule has 7 heteroatoms. The van der Waals surface area contributed by atoms with Gasteiger partial charge in [-0.15, -0.1) is 0 Å². The number of anilines is 1. The fraction of sp³-hybridized carbons (Fsp3) is 0.0938. The molecule has 0 bridgehead atoms. The van der Waals surface area contributed by atoms with Crippen molar-refractivity contribution in [3.05, 3.63) is 126 Å². The molecule has 0 saturated carbocycles. The summed E-state index contributed by atoms with van der Waals surface area (Å²) in [7, 11) is 0. The van der Waals surface area contributed by atoms with Crippen molar-refractivity contribution in [3.8, 4) is 17.4 Å². The number of ether oxygens (including phenoxy) is 2. The number of hydrogen-bond acceptors (Lipinski definition) is 5. The number of carbonyl (C=O) groups is 2. The Hall–Kier alpha value is -5.17. The number of benzene rings is 4. The molecule has 0 unspecified atom stereocenters. The van der Waals surface area contributed by atoms with Gasteiger partial charge in [0, 0.05) is 18.7 Å². The summed E-state index contributed by atoms with van der Waals surface area (Å²) in [5.41, 5.74) is 2.21. The van der Waals surface area contributed by atoms with E-state index in [0.29, 0.717) is 23.8 Å². The minimum absolute atomic E-state index is 0.0370. The Kier molecular flexibility index (Phi) is 7.79. The predicted molar refractivity (Wildman–Crippen MR) is 150 cm³/mol. The average Bonchev–Trinajstić information content (AvgIpc) is 2.95. The van der Waals surface area contributed by atoms with Gasteiger partial charge in [-0.3, -0.25) is 4.79 Å². The van der Waals surface area contributed by atoms with Crippen molar-refractivity contribution in [1.82, 2.24) is 4.98 Å². The molecule has 1 heterocycles. The van der Waals surface area contributed by atoms with Crippen molar-refractivity contribution >= 4 is 28.3 Å². The molecular weight excluding hydrogens is 492 g/mol. The van der Waals surface area contributed by atoms with Gasteiger partial charge in [-0.25, -0.2) is 9.78 Å². The third kappa shape index (κ3) is 6.78. The van der Waals surface area contributed by atoms with E-state index in [1.807, 2.05) is 54.6 Å². The van der Waals surface area contributed by atoms with E-state index in [-0.39, 0.29) is 23.6 Å². The Balaban J connectivity index is 1.16. The van der Waals surface area contributed by atoms with Crippen LogP contribution < -0.4 is 14.8 Å². The normalized spacial score (nSPS) is 10.7. The van der Waals surface area contributed by atoms with E-state index in [9.17, 15) is 14.7 Å². The van der Waals surface area contributed by atoms with Gasteiger partial charge in [-0.1, -0.05) is 60.7 Å². The molecule has 5 aromatic rings. The molecule has 0 spiro atoms. The molecule has 4 aromatic carbocycles. The zero-order valence-electron chi connectivity index (χ0n) is 21.0. The monoisotopic (exact) mass is 518 g/mol. The number of nitrogens with one attached hydrogen (secondary N) is 1. The highest BCUT2D eigenvalue weighted by atomic mass is 16.5. The lowest BCUT2D eigenvalue weighted by atomic mass is 10.1. The van der Waals surface area contributed by atoms with E-state index in [1.165, 1.54) is 11.6 Å². The number of nitrogens with zero attached hydrogens (tertiary/aromatic N) is 1. The number of aromatic carboxylic acids is 1. The Morgan fingerprint density at radius 2 is 1.49 bits per heavy atom. The standard InChI is InChI=1S/C32H26N2O5/c35-30(34-29-9-5-4-8-28(29)32(36)37)18-23-10-15-31(33-21-23)39-27-14-12-24-19-26(13-11-25(24)20-27)38-17-16-22-6-2-1-3-7-22/h1-15,19-21H,16-18H2,(H,34,35)(H,36,37). The van der Waals surface area contributed by atoms with E-state index < -0.39 is 5.97 Å². The molecule has 0 aliphatic carbocycles. The first-order valence-electron chi connectivity index (χ1n) is 12.5. The fourth-order valence-corrected chi connectivity index (χ4v) is 4.14. The molecule has 0 aliphatic heterocycles. The van der Waals surface area contributed by atoms with Gasteiger partial charge >= 0.3 is 5.97 Å². The highest BCUT2D eigenvalue weighted by Crippen LogP contribution is 2.27. The lowest BCUT2D eigenvalue weighted by molar-refractivity contribution is -0.115. The number of carbonyl (C=O) groups excluding carboxylic acids is 1. The Morgan fingerprint density at radius 1 is 0.769 bits per heavy atom. The second-order valence-electron chi connectivity index (χ2n) is 8.94. The van der Waals surface area contributed by atoms with Crippen molar-refractivity contribution in [2.24, 2.45) is 0 Å². The molecular formula is C32H26N2O5. The second-order valence-corrected chi connectivity index (χ2v) is 8.94. The van der Waals surface area contributed by atoms with Crippen molar-refractivity contribution < 1.29 is 24.2 Å². The summed E-state index contributed by atoms with van der Waals surface area (Å²) in [6, 6.07) is 31.7. The summed E-state index contributed by atoms with van der Waals surface area (Å²) in [4.78, 5) is 28.1. The third-order valence-electron chi connectivity index (χ3n) is 6.10. The summed E-state index contributed by atoms with van der Waals surface area (Å²) in [5, 5.41) is 14.0. The van der Waals surface area contributed by atoms with Crippen molar-refractivity contribution in [2.45, 2.75) is 12.8 Å². The minimum atomic E-state index is -1.10. The first-order chi connectivity index (χ1) is 19.0. The molecule has 194 valence electrons. The summed E-state index contributed by atoms with van der Waals surface area (Å²) >= 11 is 0. The van der Waals surface area contributed by atoms with Crippen LogP contribution in [-0.4, -0.2) is 28.6 Å². The highest BCUT2D eigenvalue weighted by Gasteiger charge is 2.12. The molecule has 0 fully saturated rings. The van der Waals surface area contributed by atoms with E-state index in [4.69, 9.17) is 9.47 Å². The third-order valence-corrected chi connectivity index (χ3v) is 6.10. The van der Waals surface area contributed by atoms with E-state index in [0.717, 1.165) is 22.9 Å². The molecule has 0 atom stereocenters. The molecule has 0 aliphatic rings. The zero-order valence-corrected chi connectivity index (χ0v) is 21.0. The number of carboxylic acids is 1. The van der Waals surface area contributed by atoms with Crippen LogP contribution >= 0.6 is 0 Å². The van der Waals surface area contributed by atoms with E-state index in [1.54, 1.807) is 36.5 Å². The van der Waals surface area contributed by atoms with Gasteiger partial charge in [-0.2, -0.15) is 0 Å². The van der Waals surface area contributed by atoms with Crippen LogP contribution in [0.25, 0.3) is 10.8 Å². The molecule has 7 nitrogen and oxygen atoms in total. The van der Waals surface area contributed by atoms with Crippen LogP contribution in [0, 0.1) is 0 Å². The van der Waals surface area contributed by atoms with Crippen LogP contribution in [0.3, 0.4) is 0 Å². The summed E-state index contributed by atoms with van der Waals surface area (Å²) in [5.74, 6) is 0.423. The number of para-hydroxylation sites is 1. The number of amides is 1. The van der Waals surface area contributed by atoms with Crippen LogP contribution in [-0.2, 0) is 17.6 Å². The maximum absolute atomic E-state index is 12.4. The van der Waals surface area contributed by atoms with Crippen LogP contribution in [0.5, 0.6) is 17.4 Å². The van der Waals surface area contributed by atoms with Gasteiger partial charge in [-0.05, 0) is 58.3 Å². The molecule has 39 heavy (non-hydrogen) atoms. The number of fused-ring (bicyclic) bond motifs is 1. The molecule has 2 N–H and O–H groups in total. The van der Waals surface area contributed by atoms with Crippen LogP contribution in [0.2, 0.25) is 0 Å². The largest absolute Gasteiger partial charge is 0.493 e. The quantitative estimate of drug-likeness (QED) is 0.218. The SMILES string of the molecule is O=C(Cc1ccc(Oc2ccc3cc(OCCc4ccccc4)ccc3c2)nc1)Nc1ccccc1C(=O)O. The van der Waals surface area contributed by atoms with Crippen LogP contribution in [0.1, 0.15) is 21.5 Å². The molecule has 5 rings (SSSR count). The highest BCUT2D eigenvalue weighted by molar-refractivity contribution is 6.01. The molecule has 1 aromatic heterocycles. The van der Waals surface area contributed by atoms with Crippen molar-refractivity contribution in [2.75, 3.05) is 11.9 Å². The van der Waals surface area contributed by atoms with Gasteiger partial charge in [0.25, 0.3) is 0 Å². The van der Waals surface area contributed by atoms with Gasteiger partial charge in [0.1, 0.15) is 11.5 Å². The molecule has 1 amide bonds. The number of rotatable bonds is 10. The van der Waals surface area contributed by atoms with Gasteiger partial charge in [0.15, 0.2) is 0 Å². The maximum atomic E-state index is 12.4. The molecule has 0 saturated heterocycles. The maximum Gasteiger partial charge on any atom is 0.337 e. The molecule has 0 radical (unpaired) electrons. The zero-order chi connectivity index (χ0) is 27.0.